The topological polar surface area (TPSA) is 64.1 Å². The first-order chi connectivity index (χ1) is 12.8. The summed E-state index contributed by atoms with van der Waals surface area (Å²) in [5, 5.41) is 7.11. The van der Waals surface area contributed by atoms with Crippen molar-refractivity contribution in [3.63, 3.8) is 0 Å². The second-order valence-electron chi connectivity index (χ2n) is 7.79. The Bertz CT molecular complexity index is 452. The van der Waals surface area contributed by atoms with E-state index in [-0.39, 0.29) is 30.1 Å². The van der Waals surface area contributed by atoms with Crippen LogP contribution in [-0.4, -0.2) is 63.7 Å². The van der Waals surface area contributed by atoms with Gasteiger partial charge in [0.25, 0.3) is 0 Å². The molecule has 0 amide bonds. The average Bonchev–Trinajstić information content (AvgIpc) is 3.33. The zero-order chi connectivity index (χ0) is 18.2. The summed E-state index contributed by atoms with van der Waals surface area (Å²) in [6, 6.07) is 0.492. The van der Waals surface area contributed by atoms with Crippen LogP contribution < -0.4 is 10.6 Å². The number of halogens is 1. The van der Waals surface area contributed by atoms with Gasteiger partial charge in [0, 0.05) is 44.4 Å². The van der Waals surface area contributed by atoms with E-state index in [1.165, 1.54) is 25.7 Å². The van der Waals surface area contributed by atoms with Crippen LogP contribution in [0.25, 0.3) is 0 Å². The Morgan fingerprint density at radius 2 is 2.04 bits per heavy atom. The first-order valence-electron chi connectivity index (χ1n) is 10.6. The van der Waals surface area contributed by atoms with Crippen molar-refractivity contribution >= 4 is 29.9 Å². The maximum Gasteiger partial charge on any atom is 0.191 e. The molecule has 158 valence electrons. The van der Waals surface area contributed by atoms with Gasteiger partial charge in [-0.3, -0.25) is 4.99 Å². The van der Waals surface area contributed by atoms with Crippen molar-refractivity contribution in [2.24, 2.45) is 10.4 Å². The molecule has 7 heteroatoms. The molecule has 1 saturated heterocycles. The van der Waals surface area contributed by atoms with Crippen LogP contribution in [0, 0.1) is 5.41 Å². The van der Waals surface area contributed by atoms with E-state index in [1.807, 2.05) is 0 Å². The van der Waals surface area contributed by atoms with E-state index in [9.17, 15) is 0 Å². The molecule has 0 aromatic carbocycles. The minimum absolute atomic E-state index is 0. The van der Waals surface area contributed by atoms with Crippen LogP contribution in [-0.2, 0) is 14.2 Å². The van der Waals surface area contributed by atoms with Gasteiger partial charge in [0.05, 0.1) is 18.8 Å². The normalized spacial score (nSPS) is 29.4. The molecule has 1 aliphatic heterocycles. The summed E-state index contributed by atoms with van der Waals surface area (Å²) in [6.45, 7) is 9.07. The number of nitrogens with one attached hydrogen (secondary N) is 2. The van der Waals surface area contributed by atoms with Crippen LogP contribution in [0.1, 0.15) is 58.8 Å². The van der Waals surface area contributed by atoms with Crippen LogP contribution in [0.15, 0.2) is 4.99 Å². The molecule has 0 radical (unpaired) electrons. The molecule has 6 nitrogen and oxygen atoms in total. The van der Waals surface area contributed by atoms with E-state index in [0.29, 0.717) is 17.6 Å². The Labute approximate surface area is 181 Å². The zero-order valence-electron chi connectivity index (χ0n) is 17.0. The fourth-order valence-electron chi connectivity index (χ4n) is 4.72. The number of nitrogens with zero attached hydrogens (tertiary/aromatic N) is 1. The average molecular weight is 495 g/mol. The minimum atomic E-state index is 0. The zero-order valence-corrected chi connectivity index (χ0v) is 19.3. The number of guanidine groups is 1. The lowest BCUT2D eigenvalue weighted by Crippen LogP contribution is -2.65. The Morgan fingerprint density at radius 3 is 2.70 bits per heavy atom. The van der Waals surface area contributed by atoms with Gasteiger partial charge in [-0.1, -0.05) is 12.8 Å². The summed E-state index contributed by atoms with van der Waals surface area (Å²) in [4.78, 5) is 4.77. The molecule has 3 fully saturated rings. The van der Waals surface area contributed by atoms with Crippen LogP contribution >= 0.6 is 24.0 Å². The fraction of sp³-hybridized carbons (Fsp3) is 0.950. The van der Waals surface area contributed by atoms with Crippen molar-refractivity contribution in [1.82, 2.24) is 10.6 Å². The van der Waals surface area contributed by atoms with Crippen LogP contribution in [0.3, 0.4) is 0 Å². The molecule has 2 aliphatic carbocycles. The summed E-state index contributed by atoms with van der Waals surface area (Å²) in [5.41, 5.74) is 0.331. The molecular formula is C20H38IN3O3. The molecular weight excluding hydrogens is 457 g/mol. The maximum absolute atomic E-state index is 6.02. The summed E-state index contributed by atoms with van der Waals surface area (Å²) >= 11 is 0. The van der Waals surface area contributed by atoms with Crippen molar-refractivity contribution in [2.45, 2.75) is 77.0 Å². The number of ether oxygens (including phenoxy) is 3. The predicted octanol–water partition coefficient (Wildman–Crippen LogP) is 3.09. The molecule has 0 aromatic heterocycles. The molecule has 2 N–H and O–H groups in total. The van der Waals surface area contributed by atoms with Gasteiger partial charge in [-0.2, -0.15) is 0 Å². The quantitative estimate of drug-likeness (QED) is 0.223. The first-order valence-corrected chi connectivity index (χ1v) is 10.6. The summed E-state index contributed by atoms with van der Waals surface area (Å²) < 4.78 is 17.2. The molecule has 3 rings (SSSR count). The van der Waals surface area contributed by atoms with Gasteiger partial charge in [0.2, 0.25) is 0 Å². The van der Waals surface area contributed by atoms with E-state index in [1.54, 1.807) is 0 Å². The largest absolute Gasteiger partial charge is 0.379 e. The van der Waals surface area contributed by atoms with Gasteiger partial charge < -0.3 is 24.8 Å². The number of rotatable bonds is 9. The highest BCUT2D eigenvalue weighted by molar-refractivity contribution is 14.0. The Kier molecular flexibility index (Phi) is 10.1. The van der Waals surface area contributed by atoms with Gasteiger partial charge in [-0.15, -0.1) is 24.0 Å². The van der Waals surface area contributed by atoms with E-state index in [0.717, 1.165) is 64.7 Å². The highest BCUT2D eigenvalue weighted by atomic mass is 127. The highest BCUT2D eigenvalue weighted by Crippen LogP contribution is 2.54. The third-order valence-electron chi connectivity index (χ3n) is 6.16. The van der Waals surface area contributed by atoms with Gasteiger partial charge in [-0.25, -0.2) is 0 Å². The predicted molar refractivity (Wildman–Crippen MR) is 119 cm³/mol. The SMILES string of the molecule is CCNC(=NCCCOC1CCOC1)NC1CC(OCC)C12CCCC2.I. The lowest BCUT2D eigenvalue weighted by atomic mass is 9.60. The lowest BCUT2D eigenvalue weighted by Gasteiger charge is -2.54. The summed E-state index contributed by atoms with van der Waals surface area (Å²) in [7, 11) is 0. The van der Waals surface area contributed by atoms with Gasteiger partial charge in [-0.05, 0) is 46.0 Å². The van der Waals surface area contributed by atoms with Crippen molar-refractivity contribution in [2.75, 3.05) is 39.5 Å². The molecule has 0 aromatic rings. The summed E-state index contributed by atoms with van der Waals surface area (Å²) in [6.07, 6.45) is 9.02. The second-order valence-corrected chi connectivity index (χ2v) is 7.79. The van der Waals surface area contributed by atoms with Crippen LogP contribution in [0.5, 0.6) is 0 Å². The first kappa shape index (κ1) is 23.2. The van der Waals surface area contributed by atoms with Gasteiger partial charge >= 0.3 is 0 Å². The molecule has 1 heterocycles. The van der Waals surface area contributed by atoms with Crippen molar-refractivity contribution in [3.05, 3.63) is 0 Å². The number of aliphatic imine (C=N–C) groups is 1. The van der Waals surface area contributed by atoms with E-state index in [4.69, 9.17) is 19.2 Å². The third-order valence-corrected chi connectivity index (χ3v) is 6.16. The smallest absolute Gasteiger partial charge is 0.191 e. The van der Waals surface area contributed by atoms with Crippen LogP contribution in [0.4, 0.5) is 0 Å². The van der Waals surface area contributed by atoms with Crippen molar-refractivity contribution in [3.8, 4) is 0 Å². The monoisotopic (exact) mass is 495 g/mol. The van der Waals surface area contributed by atoms with Crippen molar-refractivity contribution in [1.29, 1.82) is 0 Å². The Morgan fingerprint density at radius 1 is 1.22 bits per heavy atom. The molecule has 3 unspecified atom stereocenters. The number of hydrogen-bond acceptors (Lipinski definition) is 4. The van der Waals surface area contributed by atoms with E-state index in [2.05, 4.69) is 24.5 Å². The molecule has 27 heavy (non-hydrogen) atoms. The lowest BCUT2D eigenvalue weighted by molar-refractivity contribution is -0.125. The minimum Gasteiger partial charge on any atom is -0.379 e. The second kappa shape index (κ2) is 11.8. The standard InChI is InChI=1S/C20H37N3O3.HI/c1-3-21-19(22-11-7-12-26-16-8-13-24-15-16)23-17-14-18(25-4-2)20(17)9-5-6-10-20;/h16-18H,3-15H2,1-2H3,(H2,21,22,23);1H. The van der Waals surface area contributed by atoms with Crippen LogP contribution in [0.2, 0.25) is 0 Å². The molecule has 2 saturated carbocycles. The molecule has 1 spiro atoms. The molecule has 3 atom stereocenters. The fourth-order valence-corrected chi connectivity index (χ4v) is 4.72. The maximum atomic E-state index is 6.02. The van der Waals surface area contributed by atoms with Crippen molar-refractivity contribution < 1.29 is 14.2 Å². The number of hydrogen-bond donors (Lipinski definition) is 2. The van der Waals surface area contributed by atoms with Gasteiger partial charge in [0.15, 0.2) is 5.96 Å². The van der Waals surface area contributed by atoms with E-state index >= 15 is 0 Å². The molecule has 0 bridgehead atoms. The van der Waals surface area contributed by atoms with E-state index < -0.39 is 0 Å². The Balaban J connectivity index is 0.00000261. The Hall–Kier alpha value is -0.120. The third kappa shape index (κ3) is 5.93. The van der Waals surface area contributed by atoms with Gasteiger partial charge in [0.1, 0.15) is 0 Å². The summed E-state index contributed by atoms with van der Waals surface area (Å²) in [5.74, 6) is 0.947. The molecule has 3 aliphatic rings. The highest BCUT2D eigenvalue weighted by Gasteiger charge is 2.56.